The molecule has 1 aromatic carbocycles. The Bertz CT molecular complexity index is 881. The van der Waals surface area contributed by atoms with Crippen molar-refractivity contribution in [2.45, 2.75) is 13.8 Å². The van der Waals surface area contributed by atoms with Crippen molar-refractivity contribution in [2.24, 2.45) is 7.05 Å². The Balaban J connectivity index is 2.52. The molecule has 0 aliphatic carbocycles. The van der Waals surface area contributed by atoms with Gasteiger partial charge in [0.25, 0.3) is 11.5 Å². The zero-order valence-corrected chi connectivity index (χ0v) is 13.9. The third-order valence-electron chi connectivity index (χ3n) is 3.68. The number of nitro groups is 1. The number of carbonyl (C=O) groups is 3. The van der Waals surface area contributed by atoms with E-state index < -0.39 is 22.5 Å². The third kappa shape index (κ3) is 3.32. The van der Waals surface area contributed by atoms with Crippen LogP contribution in [0.4, 0.5) is 5.69 Å². The fraction of sp³-hybridized carbons (Fsp3) is 0.235. The van der Waals surface area contributed by atoms with Gasteiger partial charge in [-0.15, -0.1) is 0 Å². The van der Waals surface area contributed by atoms with E-state index in [2.05, 4.69) is 4.74 Å². The summed E-state index contributed by atoms with van der Waals surface area (Å²) in [6.45, 7) is 3.21. The van der Waals surface area contributed by atoms with Crippen molar-refractivity contribution < 1.29 is 24.0 Å². The molecule has 2 rings (SSSR count). The molecule has 0 bridgehead atoms. The number of hydrogen-bond acceptors (Lipinski definition) is 6. The molecular formula is C17H16N2O6. The van der Waals surface area contributed by atoms with E-state index in [1.165, 1.54) is 41.9 Å². The maximum atomic E-state index is 12.8. The summed E-state index contributed by atoms with van der Waals surface area (Å²) in [7, 11) is 1.45. The first-order valence-corrected chi connectivity index (χ1v) is 7.45. The summed E-state index contributed by atoms with van der Waals surface area (Å²) in [5.74, 6) is -2.50. The monoisotopic (exact) mass is 344 g/mol. The van der Waals surface area contributed by atoms with Gasteiger partial charge in [-0.05, 0) is 31.5 Å². The van der Waals surface area contributed by atoms with Crippen LogP contribution in [-0.4, -0.2) is 33.6 Å². The van der Waals surface area contributed by atoms with Crippen molar-refractivity contribution in [3.63, 3.8) is 0 Å². The quantitative estimate of drug-likeness (QED) is 0.261. The highest BCUT2D eigenvalue weighted by atomic mass is 16.6. The van der Waals surface area contributed by atoms with Crippen molar-refractivity contribution in [1.29, 1.82) is 0 Å². The average molecular weight is 344 g/mol. The minimum atomic E-state index is -1.02. The zero-order valence-electron chi connectivity index (χ0n) is 13.9. The highest BCUT2D eigenvalue weighted by Crippen LogP contribution is 2.24. The number of aromatic nitrogens is 1. The lowest BCUT2D eigenvalue weighted by Crippen LogP contribution is -2.21. The molecule has 0 unspecified atom stereocenters. The van der Waals surface area contributed by atoms with E-state index in [0.717, 1.165) is 0 Å². The first kappa shape index (κ1) is 18.1. The molecule has 0 saturated carbocycles. The topological polar surface area (TPSA) is 109 Å². The highest BCUT2D eigenvalue weighted by molar-refractivity contribution is 6.40. The number of esters is 1. The highest BCUT2D eigenvalue weighted by Gasteiger charge is 2.28. The number of rotatable bonds is 6. The summed E-state index contributed by atoms with van der Waals surface area (Å²) in [6, 6.07) is 6.95. The van der Waals surface area contributed by atoms with Crippen LogP contribution >= 0.6 is 0 Å². The number of nitro benzene ring substituents is 1. The van der Waals surface area contributed by atoms with E-state index in [4.69, 9.17) is 0 Å². The molecule has 2 aromatic rings. The van der Waals surface area contributed by atoms with Gasteiger partial charge in [0.15, 0.2) is 0 Å². The summed E-state index contributed by atoms with van der Waals surface area (Å²) in [4.78, 5) is 47.1. The smallest absolute Gasteiger partial charge is 0.381 e. The van der Waals surface area contributed by atoms with Gasteiger partial charge in [-0.25, -0.2) is 4.79 Å². The fourth-order valence-electron chi connectivity index (χ4n) is 2.56. The molecular weight excluding hydrogens is 328 g/mol. The SMILES string of the molecule is CCOC(=O)C(=O)c1cc(C)c(C(=O)c2ccccc2[N+](=O)[O-])n1C. The molecule has 0 spiro atoms. The predicted molar refractivity (Wildman–Crippen MR) is 87.6 cm³/mol. The standard InChI is InChI=1S/C17H16N2O6/c1-4-25-17(22)16(21)13-9-10(2)14(18(13)3)15(20)11-7-5-6-8-12(11)19(23)24/h5-9H,4H2,1-3H3. The number of ether oxygens (including phenoxy) is 1. The lowest BCUT2D eigenvalue weighted by molar-refractivity contribution is -0.385. The Morgan fingerprint density at radius 2 is 1.88 bits per heavy atom. The minimum Gasteiger partial charge on any atom is -0.460 e. The van der Waals surface area contributed by atoms with Crippen molar-refractivity contribution in [1.82, 2.24) is 4.57 Å². The van der Waals surface area contributed by atoms with Crippen molar-refractivity contribution in [3.05, 3.63) is 63.0 Å². The summed E-state index contributed by atoms with van der Waals surface area (Å²) >= 11 is 0. The molecule has 8 nitrogen and oxygen atoms in total. The lowest BCUT2D eigenvalue weighted by atomic mass is 10.0. The average Bonchev–Trinajstić information content (AvgIpc) is 2.88. The van der Waals surface area contributed by atoms with Gasteiger partial charge in [-0.1, -0.05) is 12.1 Å². The molecule has 0 aliphatic heterocycles. The molecule has 0 atom stereocenters. The Morgan fingerprint density at radius 1 is 1.24 bits per heavy atom. The Kier molecular flexibility index (Phi) is 5.11. The van der Waals surface area contributed by atoms with Crippen LogP contribution in [0.15, 0.2) is 30.3 Å². The molecule has 1 heterocycles. The number of carbonyl (C=O) groups excluding carboxylic acids is 3. The van der Waals surface area contributed by atoms with Crippen LogP contribution in [-0.2, 0) is 16.6 Å². The van der Waals surface area contributed by atoms with Crippen LogP contribution in [0.25, 0.3) is 0 Å². The van der Waals surface area contributed by atoms with Crippen LogP contribution < -0.4 is 0 Å². The van der Waals surface area contributed by atoms with E-state index in [0.29, 0.717) is 5.56 Å². The van der Waals surface area contributed by atoms with Gasteiger partial charge in [0, 0.05) is 13.1 Å². The first-order valence-electron chi connectivity index (χ1n) is 7.45. The molecule has 0 amide bonds. The summed E-state index contributed by atoms with van der Waals surface area (Å²) in [5, 5.41) is 11.1. The van der Waals surface area contributed by atoms with Gasteiger partial charge < -0.3 is 9.30 Å². The molecule has 0 saturated heterocycles. The van der Waals surface area contributed by atoms with E-state index in [-0.39, 0.29) is 29.2 Å². The van der Waals surface area contributed by atoms with Crippen LogP contribution in [0.5, 0.6) is 0 Å². The molecule has 0 fully saturated rings. The van der Waals surface area contributed by atoms with Gasteiger partial charge >= 0.3 is 5.97 Å². The van der Waals surface area contributed by atoms with Gasteiger partial charge in [-0.2, -0.15) is 0 Å². The van der Waals surface area contributed by atoms with E-state index in [9.17, 15) is 24.5 Å². The molecule has 0 aliphatic rings. The maximum Gasteiger partial charge on any atom is 0.381 e. The van der Waals surface area contributed by atoms with E-state index in [1.54, 1.807) is 13.8 Å². The summed E-state index contributed by atoms with van der Waals surface area (Å²) < 4.78 is 5.94. The van der Waals surface area contributed by atoms with Crippen LogP contribution in [0.3, 0.4) is 0 Å². The van der Waals surface area contributed by atoms with Crippen LogP contribution in [0.2, 0.25) is 0 Å². The van der Waals surface area contributed by atoms with Gasteiger partial charge in [0.1, 0.15) is 5.56 Å². The Hall–Kier alpha value is -3.29. The summed E-state index contributed by atoms with van der Waals surface area (Å²) in [5.41, 5.74) is 0.0939. The number of aryl methyl sites for hydroxylation is 1. The van der Waals surface area contributed by atoms with Crippen LogP contribution in [0.1, 0.15) is 39.0 Å². The van der Waals surface area contributed by atoms with E-state index >= 15 is 0 Å². The fourth-order valence-corrected chi connectivity index (χ4v) is 2.56. The number of Topliss-reactive ketones (excluding diaryl/α,β-unsaturated/α-hetero) is 1. The first-order chi connectivity index (χ1) is 11.8. The number of nitrogens with zero attached hydrogens (tertiary/aromatic N) is 2. The molecule has 130 valence electrons. The van der Waals surface area contributed by atoms with E-state index in [1.807, 2.05) is 0 Å². The predicted octanol–water partition coefficient (Wildman–Crippen LogP) is 2.22. The molecule has 1 aromatic heterocycles. The zero-order chi connectivity index (χ0) is 18.7. The molecule has 8 heteroatoms. The number of para-hydroxylation sites is 1. The number of benzene rings is 1. The second kappa shape index (κ2) is 7.08. The van der Waals surface area contributed by atoms with Gasteiger partial charge in [0.05, 0.1) is 22.9 Å². The molecule has 25 heavy (non-hydrogen) atoms. The van der Waals surface area contributed by atoms with Crippen molar-refractivity contribution in [2.75, 3.05) is 6.61 Å². The molecule has 0 radical (unpaired) electrons. The van der Waals surface area contributed by atoms with Crippen molar-refractivity contribution in [3.8, 4) is 0 Å². The van der Waals surface area contributed by atoms with Gasteiger partial charge in [0.2, 0.25) is 5.78 Å². The second-order valence-electron chi connectivity index (χ2n) is 5.27. The normalized spacial score (nSPS) is 10.4. The third-order valence-corrected chi connectivity index (χ3v) is 3.68. The molecule has 0 N–H and O–H groups in total. The van der Waals surface area contributed by atoms with Crippen molar-refractivity contribution >= 4 is 23.2 Å². The number of hydrogen-bond donors (Lipinski definition) is 0. The summed E-state index contributed by atoms with van der Waals surface area (Å²) in [6.07, 6.45) is 0. The van der Waals surface area contributed by atoms with Crippen LogP contribution in [0, 0.1) is 17.0 Å². The minimum absolute atomic E-state index is 0.0158. The van der Waals surface area contributed by atoms with Gasteiger partial charge in [-0.3, -0.25) is 19.7 Å². The largest absolute Gasteiger partial charge is 0.460 e. The number of ketones is 2. The maximum absolute atomic E-state index is 12.8. The Labute approximate surface area is 143 Å². The second-order valence-corrected chi connectivity index (χ2v) is 5.27. The Morgan fingerprint density at radius 3 is 2.48 bits per heavy atom. The lowest BCUT2D eigenvalue weighted by Gasteiger charge is -2.07.